The van der Waals surface area contributed by atoms with Gasteiger partial charge in [-0.2, -0.15) is 10.1 Å². The SMILES string of the molecule is Cn1cc(C2CN(c3cncc(OCC4CCCC4)n3)CCO2)cn1. The third-order valence-electron chi connectivity index (χ3n) is 5.03. The highest BCUT2D eigenvalue weighted by Crippen LogP contribution is 2.27. The number of hydrogen-bond donors (Lipinski definition) is 0. The molecule has 0 radical (unpaired) electrons. The molecule has 25 heavy (non-hydrogen) atoms. The maximum atomic E-state index is 5.90. The molecule has 1 saturated heterocycles. The van der Waals surface area contributed by atoms with E-state index in [9.17, 15) is 0 Å². The number of anilines is 1. The number of rotatable bonds is 5. The minimum atomic E-state index is 0.00677. The lowest BCUT2D eigenvalue weighted by atomic mass is 10.1. The van der Waals surface area contributed by atoms with Gasteiger partial charge in [-0.3, -0.25) is 9.67 Å². The molecule has 1 atom stereocenters. The van der Waals surface area contributed by atoms with E-state index >= 15 is 0 Å². The van der Waals surface area contributed by atoms with Crippen LogP contribution in [-0.4, -0.2) is 46.1 Å². The summed E-state index contributed by atoms with van der Waals surface area (Å²) >= 11 is 0. The molecule has 2 aliphatic rings. The smallest absolute Gasteiger partial charge is 0.234 e. The van der Waals surface area contributed by atoms with Gasteiger partial charge in [0, 0.05) is 25.4 Å². The van der Waals surface area contributed by atoms with Gasteiger partial charge in [0.15, 0.2) is 5.82 Å². The Hall–Kier alpha value is -2.15. The summed E-state index contributed by atoms with van der Waals surface area (Å²) in [5.41, 5.74) is 1.09. The normalized spacial score (nSPS) is 21.6. The summed E-state index contributed by atoms with van der Waals surface area (Å²) in [7, 11) is 1.92. The Morgan fingerprint density at radius 3 is 2.92 bits per heavy atom. The van der Waals surface area contributed by atoms with E-state index in [1.807, 2.05) is 19.4 Å². The van der Waals surface area contributed by atoms with Crippen LogP contribution in [0.1, 0.15) is 37.4 Å². The Morgan fingerprint density at radius 2 is 2.12 bits per heavy atom. The van der Waals surface area contributed by atoms with Crippen LogP contribution in [0.25, 0.3) is 0 Å². The molecule has 1 aliphatic heterocycles. The summed E-state index contributed by atoms with van der Waals surface area (Å²) in [6.45, 7) is 2.96. The third kappa shape index (κ3) is 3.92. The van der Waals surface area contributed by atoms with Crippen LogP contribution in [0.5, 0.6) is 5.88 Å². The maximum absolute atomic E-state index is 5.90. The second kappa shape index (κ2) is 7.39. The molecule has 0 bridgehead atoms. The van der Waals surface area contributed by atoms with Gasteiger partial charge in [-0.25, -0.2) is 0 Å². The molecule has 0 aromatic carbocycles. The van der Waals surface area contributed by atoms with Crippen molar-refractivity contribution in [3.05, 3.63) is 30.4 Å². The Morgan fingerprint density at radius 1 is 1.24 bits per heavy atom. The lowest BCUT2D eigenvalue weighted by molar-refractivity contribution is 0.0394. The van der Waals surface area contributed by atoms with E-state index in [0.717, 1.165) is 31.1 Å². The zero-order valence-electron chi connectivity index (χ0n) is 14.7. The largest absolute Gasteiger partial charge is 0.476 e. The van der Waals surface area contributed by atoms with Crippen LogP contribution in [0.3, 0.4) is 0 Å². The average molecular weight is 343 g/mol. The fraction of sp³-hybridized carbons (Fsp3) is 0.611. The predicted molar refractivity (Wildman–Crippen MR) is 93.6 cm³/mol. The standard InChI is InChI=1S/C18H25N5O2/c1-22-11-15(8-20-22)16-12-23(6-7-24-16)17-9-19-10-18(21-17)25-13-14-4-2-3-5-14/h8-11,14,16H,2-7,12-13H2,1H3. The van der Waals surface area contributed by atoms with Crippen molar-refractivity contribution in [3.63, 3.8) is 0 Å². The van der Waals surface area contributed by atoms with Crippen LogP contribution in [0, 0.1) is 5.92 Å². The molecule has 2 aromatic rings. The fourth-order valence-corrected chi connectivity index (χ4v) is 3.61. The van der Waals surface area contributed by atoms with Gasteiger partial charge in [0.2, 0.25) is 5.88 Å². The van der Waals surface area contributed by atoms with Crippen molar-refractivity contribution in [2.24, 2.45) is 13.0 Å². The first-order valence-corrected chi connectivity index (χ1v) is 9.08. The van der Waals surface area contributed by atoms with Crippen LogP contribution < -0.4 is 9.64 Å². The minimum Gasteiger partial charge on any atom is -0.476 e. The first kappa shape index (κ1) is 16.3. The molecule has 4 rings (SSSR count). The molecule has 0 N–H and O–H groups in total. The second-order valence-electron chi connectivity index (χ2n) is 6.93. The Bertz CT molecular complexity index is 698. The van der Waals surface area contributed by atoms with Gasteiger partial charge in [-0.1, -0.05) is 12.8 Å². The van der Waals surface area contributed by atoms with E-state index in [-0.39, 0.29) is 6.10 Å². The maximum Gasteiger partial charge on any atom is 0.234 e. The molecule has 2 fully saturated rings. The van der Waals surface area contributed by atoms with Gasteiger partial charge in [0.1, 0.15) is 6.10 Å². The third-order valence-corrected chi connectivity index (χ3v) is 5.03. The highest BCUT2D eigenvalue weighted by molar-refractivity contribution is 5.39. The lowest BCUT2D eigenvalue weighted by Gasteiger charge is -2.33. The molecule has 1 unspecified atom stereocenters. The molecule has 1 aliphatic carbocycles. The van der Waals surface area contributed by atoms with Gasteiger partial charge in [-0.05, 0) is 18.8 Å². The number of hydrogen-bond acceptors (Lipinski definition) is 6. The van der Waals surface area contributed by atoms with Crippen molar-refractivity contribution in [2.75, 3.05) is 31.2 Å². The molecule has 3 heterocycles. The van der Waals surface area contributed by atoms with Crippen molar-refractivity contribution in [1.29, 1.82) is 0 Å². The predicted octanol–water partition coefficient (Wildman–Crippen LogP) is 2.36. The number of nitrogens with zero attached hydrogens (tertiary/aromatic N) is 5. The van der Waals surface area contributed by atoms with Gasteiger partial charge in [0.05, 0.1) is 38.3 Å². The zero-order chi connectivity index (χ0) is 17.1. The Labute approximate surface area is 148 Å². The molecular weight excluding hydrogens is 318 g/mol. The van der Waals surface area contributed by atoms with Gasteiger partial charge in [-0.15, -0.1) is 0 Å². The molecule has 0 amide bonds. The van der Waals surface area contributed by atoms with E-state index in [1.165, 1.54) is 25.7 Å². The van der Waals surface area contributed by atoms with Gasteiger partial charge in [0.25, 0.3) is 0 Å². The summed E-state index contributed by atoms with van der Waals surface area (Å²) in [5, 5.41) is 4.24. The Kier molecular flexibility index (Phi) is 4.83. The minimum absolute atomic E-state index is 0.00677. The number of aromatic nitrogens is 4. The summed E-state index contributed by atoms with van der Waals surface area (Å²) in [5.74, 6) is 2.14. The summed E-state index contributed by atoms with van der Waals surface area (Å²) in [4.78, 5) is 11.2. The van der Waals surface area contributed by atoms with Crippen molar-refractivity contribution in [3.8, 4) is 5.88 Å². The van der Waals surface area contributed by atoms with Crippen LogP contribution in [0.4, 0.5) is 5.82 Å². The zero-order valence-corrected chi connectivity index (χ0v) is 14.7. The van der Waals surface area contributed by atoms with E-state index in [1.54, 1.807) is 17.1 Å². The number of aryl methyl sites for hydroxylation is 1. The lowest BCUT2D eigenvalue weighted by Crippen LogP contribution is -2.38. The fourth-order valence-electron chi connectivity index (χ4n) is 3.61. The monoisotopic (exact) mass is 343 g/mol. The van der Waals surface area contributed by atoms with E-state index < -0.39 is 0 Å². The molecule has 2 aromatic heterocycles. The van der Waals surface area contributed by atoms with Crippen LogP contribution in [-0.2, 0) is 11.8 Å². The number of ether oxygens (including phenoxy) is 2. The van der Waals surface area contributed by atoms with Crippen molar-refractivity contribution < 1.29 is 9.47 Å². The molecule has 134 valence electrons. The van der Waals surface area contributed by atoms with Crippen LogP contribution in [0.15, 0.2) is 24.8 Å². The first-order valence-electron chi connectivity index (χ1n) is 9.08. The van der Waals surface area contributed by atoms with E-state index in [4.69, 9.17) is 9.47 Å². The molecular formula is C18H25N5O2. The van der Waals surface area contributed by atoms with Crippen LogP contribution in [0.2, 0.25) is 0 Å². The van der Waals surface area contributed by atoms with Gasteiger partial charge < -0.3 is 14.4 Å². The topological polar surface area (TPSA) is 65.3 Å². The highest BCUT2D eigenvalue weighted by atomic mass is 16.5. The summed E-state index contributed by atoms with van der Waals surface area (Å²) in [6, 6.07) is 0. The highest BCUT2D eigenvalue weighted by Gasteiger charge is 2.24. The average Bonchev–Trinajstić information content (AvgIpc) is 3.32. The number of morpholine rings is 1. The molecule has 1 saturated carbocycles. The van der Waals surface area contributed by atoms with Crippen LogP contribution >= 0.6 is 0 Å². The van der Waals surface area contributed by atoms with Crippen molar-refractivity contribution in [1.82, 2.24) is 19.7 Å². The first-order chi connectivity index (χ1) is 12.3. The van der Waals surface area contributed by atoms with Crippen molar-refractivity contribution in [2.45, 2.75) is 31.8 Å². The summed E-state index contributed by atoms with van der Waals surface area (Å²) < 4.78 is 13.6. The van der Waals surface area contributed by atoms with Crippen molar-refractivity contribution >= 4 is 5.82 Å². The quantitative estimate of drug-likeness (QED) is 0.830. The van der Waals surface area contributed by atoms with E-state index in [2.05, 4.69) is 20.0 Å². The molecule has 7 heteroatoms. The Balaban J connectivity index is 1.41. The molecule has 0 spiro atoms. The van der Waals surface area contributed by atoms with E-state index in [0.29, 0.717) is 18.4 Å². The molecule has 7 nitrogen and oxygen atoms in total. The second-order valence-corrected chi connectivity index (χ2v) is 6.93. The van der Waals surface area contributed by atoms with Gasteiger partial charge >= 0.3 is 0 Å². The summed E-state index contributed by atoms with van der Waals surface area (Å²) in [6.07, 6.45) is 12.6.